The fourth-order valence-electron chi connectivity index (χ4n) is 4.40. The molecule has 1 unspecified atom stereocenters. The molecule has 40 heavy (non-hydrogen) atoms. The van der Waals surface area contributed by atoms with Gasteiger partial charge in [-0.05, 0) is 54.2 Å². The molecule has 0 bridgehead atoms. The number of carbonyl (C=O) groups is 3. The largest absolute Gasteiger partial charge is 0.504 e. The maximum absolute atomic E-state index is 13.8. The Labute approximate surface area is 236 Å². The van der Waals surface area contributed by atoms with Crippen LogP contribution in [0.2, 0.25) is 0 Å². The van der Waals surface area contributed by atoms with Crippen LogP contribution in [0.1, 0.15) is 65.5 Å². The smallest absolute Gasteiger partial charge is 0.251 e. The Kier molecular flexibility index (Phi) is 11.1. The van der Waals surface area contributed by atoms with Crippen molar-refractivity contribution in [1.82, 2.24) is 10.2 Å². The minimum atomic E-state index is -0.754. The molecule has 8 nitrogen and oxygen atoms in total. The number of benzene rings is 3. The van der Waals surface area contributed by atoms with Crippen molar-refractivity contribution in [3.05, 3.63) is 95.1 Å². The number of para-hydroxylation sites is 1. The zero-order valence-electron chi connectivity index (χ0n) is 23.4. The molecule has 0 saturated carbocycles. The van der Waals surface area contributed by atoms with Gasteiger partial charge in [-0.3, -0.25) is 14.4 Å². The lowest BCUT2D eigenvalue weighted by Gasteiger charge is -2.31. The summed E-state index contributed by atoms with van der Waals surface area (Å²) < 4.78 is 5.85. The molecule has 0 fully saturated rings. The topological polar surface area (TPSA) is 122 Å². The zero-order chi connectivity index (χ0) is 29.1. The van der Waals surface area contributed by atoms with Gasteiger partial charge in [-0.15, -0.1) is 0 Å². The van der Waals surface area contributed by atoms with Crippen LogP contribution in [-0.4, -0.2) is 46.9 Å². The van der Waals surface area contributed by atoms with Crippen molar-refractivity contribution in [2.45, 2.75) is 52.7 Å². The van der Waals surface area contributed by atoms with Crippen molar-refractivity contribution in [2.75, 3.05) is 13.1 Å². The Morgan fingerprint density at radius 3 is 2.33 bits per heavy atom. The molecule has 0 aliphatic rings. The quantitative estimate of drug-likeness (QED) is 0.271. The minimum Gasteiger partial charge on any atom is -0.504 e. The number of phenolic OH excluding ortho intramolecular Hbond substituents is 1. The van der Waals surface area contributed by atoms with Crippen molar-refractivity contribution in [3.8, 4) is 11.5 Å². The van der Waals surface area contributed by atoms with E-state index in [1.807, 2.05) is 63.2 Å². The van der Waals surface area contributed by atoms with Crippen molar-refractivity contribution in [2.24, 2.45) is 11.7 Å². The number of rotatable bonds is 14. The average Bonchev–Trinajstić information content (AvgIpc) is 2.97. The molecule has 0 radical (unpaired) electrons. The summed E-state index contributed by atoms with van der Waals surface area (Å²) >= 11 is 0. The van der Waals surface area contributed by atoms with Gasteiger partial charge in [0.15, 0.2) is 11.5 Å². The van der Waals surface area contributed by atoms with Crippen LogP contribution < -0.4 is 15.8 Å². The van der Waals surface area contributed by atoms with Crippen LogP contribution in [0.4, 0.5) is 0 Å². The maximum Gasteiger partial charge on any atom is 0.251 e. The van der Waals surface area contributed by atoms with Gasteiger partial charge in [0.05, 0.1) is 0 Å². The van der Waals surface area contributed by atoms with E-state index in [9.17, 15) is 19.5 Å². The number of nitrogens with zero attached hydrogens (tertiary/aromatic N) is 1. The molecular weight excluding hydrogens is 506 g/mol. The number of hydrogen-bond donors (Lipinski definition) is 3. The number of carbonyl (C=O) groups excluding carboxylic acids is 3. The number of primary amides is 1. The lowest BCUT2D eigenvalue weighted by atomic mass is 9.96. The normalized spacial score (nSPS) is 12.3. The molecular formula is C32H39N3O5. The fraction of sp³-hybridized carbons (Fsp3) is 0.344. The molecule has 3 aromatic carbocycles. The highest BCUT2D eigenvalue weighted by atomic mass is 16.5. The van der Waals surface area contributed by atoms with E-state index in [4.69, 9.17) is 10.5 Å². The van der Waals surface area contributed by atoms with Crippen molar-refractivity contribution >= 4 is 17.7 Å². The molecule has 2 atom stereocenters. The first-order chi connectivity index (χ1) is 19.2. The van der Waals surface area contributed by atoms with Gasteiger partial charge in [0, 0.05) is 24.2 Å². The Hall–Kier alpha value is -4.33. The van der Waals surface area contributed by atoms with E-state index in [0.717, 1.165) is 12.0 Å². The van der Waals surface area contributed by atoms with Gasteiger partial charge in [-0.25, -0.2) is 0 Å². The van der Waals surface area contributed by atoms with Crippen LogP contribution in [-0.2, 0) is 17.8 Å². The molecule has 212 valence electrons. The Morgan fingerprint density at radius 2 is 1.65 bits per heavy atom. The minimum absolute atomic E-state index is 0.0587. The first kappa shape index (κ1) is 30.2. The summed E-state index contributed by atoms with van der Waals surface area (Å²) in [6, 6.07) is 20.4. The van der Waals surface area contributed by atoms with Gasteiger partial charge in [0.1, 0.15) is 12.6 Å². The standard InChI is InChI=1S/C32H39N3O5/c1-4-18-35(19-17-24-13-10-16-27(29(24)36)40-21-23-11-7-6-8-12-23)32(39)28(22(3)5-2)34-31(38)26-15-9-14-25(20-26)30(33)37/h6-16,20,22,28,36H,4-5,17-19,21H2,1-3H3,(H2,33,37)(H,34,38)/t22?,28-/m0/s1. The number of nitrogens with two attached hydrogens (primary N) is 1. The molecule has 0 heterocycles. The zero-order valence-corrected chi connectivity index (χ0v) is 23.4. The molecule has 4 N–H and O–H groups in total. The van der Waals surface area contributed by atoms with Crippen LogP contribution in [0.3, 0.4) is 0 Å². The number of nitrogens with one attached hydrogen (secondary N) is 1. The summed E-state index contributed by atoms with van der Waals surface area (Å²) in [4.78, 5) is 40.1. The monoisotopic (exact) mass is 545 g/mol. The van der Waals surface area contributed by atoms with Crippen LogP contribution >= 0.6 is 0 Å². The van der Waals surface area contributed by atoms with Crippen LogP contribution in [0.25, 0.3) is 0 Å². The number of ether oxygens (including phenoxy) is 1. The van der Waals surface area contributed by atoms with E-state index in [2.05, 4.69) is 5.32 Å². The van der Waals surface area contributed by atoms with Crippen LogP contribution in [0.5, 0.6) is 11.5 Å². The third-order valence-electron chi connectivity index (χ3n) is 6.95. The highest BCUT2D eigenvalue weighted by Gasteiger charge is 2.30. The Balaban J connectivity index is 1.73. The summed E-state index contributed by atoms with van der Waals surface area (Å²) in [6.45, 7) is 7.07. The molecule has 3 aromatic rings. The first-order valence-electron chi connectivity index (χ1n) is 13.7. The van der Waals surface area contributed by atoms with Crippen LogP contribution in [0.15, 0.2) is 72.8 Å². The summed E-state index contributed by atoms with van der Waals surface area (Å²) in [6.07, 6.45) is 1.83. The van der Waals surface area contributed by atoms with Crippen molar-refractivity contribution in [3.63, 3.8) is 0 Å². The molecule has 0 aromatic heterocycles. The highest BCUT2D eigenvalue weighted by molar-refractivity contribution is 6.00. The number of hydrogen-bond acceptors (Lipinski definition) is 5. The average molecular weight is 546 g/mol. The predicted molar refractivity (Wildman–Crippen MR) is 155 cm³/mol. The van der Waals surface area contributed by atoms with Crippen molar-refractivity contribution in [1.29, 1.82) is 0 Å². The molecule has 0 aliphatic heterocycles. The molecule has 8 heteroatoms. The lowest BCUT2D eigenvalue weighted by Crippen LogP contribution is -2.52. The number of amides is 3. The summed E-state index contributed by atoms with van der Waals surface area (Å²) in [7, 11) is 0. The van der Waals surface area contributed by atoms with Gasteiger partial charge in [-0.1, -0.05) is 75.7 Å². The second kappa shape index (κ2) is 14.7. The van der Waals surface area contributed by atoms with Gasteiger partial charge in [-0.2, -0.15) is 0 Å². The van der Waals surface area contributed by atoms with Gasteiger partial charge in [0.2, 0.25) is 11.8 Å². The molecule has 0 saturated heterocycles. The maximum atomic E-state index is 13.8. The van der Waals surface area contributed by atoms with E-state index in [1.165, 1.54) is 12.1 Å². The Morgan fingerprint density at radius 1 is 0.950 bits per heavy atom. The Bertz CT molecular complexity index is 1290. The van der Waals surface area contributed by atoms with E-state index < -0.39 is 17.9 Å². The number of aromatic hydroxyl groups is 1. The van der Waals surface area contributed by atoms with E-state index in [0.29, 0.717) is 43.9 Å². The summed E-state index contributed by atoms with van der Waals surface area (Å²) in [5.41, 5.74) is 7.51. The SMILES string of the molecule is CCCN(CCc1cccc(OCc2ccccc2)c1O)C(=O)[C@@H](NC(=O)c1cccc(C(N)=O)c1)C(C)CC. The van der Waals surface area contributed by atoms with Gasteiger partial charge >= 0.3 is 0 Å². The molecule has 0 spiro atoms. The van der Waals surface area contributed by atoms with Crippen molar-refractivity contribution < 1.29 is 24.2 Å². The second-order valence-electron chi connectivity index (χ2n) is 9.90. The molecule has 3 rings (SSSR count). The van der Waals surface area contributed by atoms with E-state index in [-0.39, 0.29) is 28.7 Å². The molecule has 3 amide bonds. The summed E-state index contributed by atoms with van der Waals surface area (Å²) in [5.74, 6) is -0.943. The predicted octanol–water partition coefficient (Wildman–Crippen LogP) is 4.70. The van der Waals surface area contributed by atoms with Gasteiger partial charge in [0.25, 0.3) is 5.91 Å². The number of phenols is 1. The summed E-state index contributed by atoms with van der Waals surface area (Å²) in [5, 5.41) is 13.8. The third kappa shape index (κ3) is 8.09. The second-order valence-corrected chi connectivity index (χ2v) is 9.90. The highest BCUT2D eigenvalue weighted by Crippen LogP contribution is 2.31. The fourth-order valence-corrected chi connectivity index (χ4v) is 4.40. The third-order valence-corrected chi connectivity index (χ3v) is 6.95. The van der Waals surface area contributed by atoms with E-state index >= 15 is 0 Å². The molecule has 0 aliphatic carbocycles. The lowest BCUT2D eigenvalue weighted by molar-refractivity contribution is -0.134. The van der Waals surface area contributed by atoms with Crippen LogP contribution in [0, 0.1) is 5.92 Å². The van der Waals surface area contributed by atoms with E-state index in [1.54, 1.807) is 23.1 Å². The first-order valence-corrected chi connectivity index (χ1v) is 13.7. The van der Waals surface area contributed by atoms with Gasteiger partial charge < -0.3 is 25.8 Å².